The number of nitrogens with zero attached hydrogens (tertiary/aromatic N) is 1. The number of carbonyl (C=O) groups is 2. The first kappa shape index (κ1) is 28.0. The summed E-state index contributed by atoms with van der Waals surface area (Å²) in [5, 5.41) is 15.5. The van der Waals surface area contributed by atoms with Gasteiger partial charge in [-0.15, -0.1) is 6.58 Å². The van der Waals surface area contributed by atoms with Crippen LogP contribution in [0.15, 0.2) is 84.4 Å². The summed E-state index contributed by atoms with van der Waals surface area (Å²) in [7, 11) is 0. The molecule has 1 fully saturated rings. The van der Waals surface area contributed by atoms with E-state index < -0.39 is 5.97 Å². The lowest BCUT2D eigenvalue weighted by Crippen LogP contribution is -2.42. The molecule has 3 N–H and O–H groups in total. The lowest BCUT2D eigenvalue weighted by Gasteiger charge is -2.36. The number of dihydropyridines is 1. The molecule has 37 heavy (non-hydrogen) atoms. The fourth-order valence-electron chi connectivity index (χ4n) is 4.29. The number of likely N-dealkylation sites (tertiary alicyclic amines) is 1. The van der Waals surface area contributed by atoms with Crippen molar-refractivity contribution in [1.82, 2.24) is 15.5 Å². The third-order valence-electron chi connectivity index (χ3n) is 6.61. The van der Waals surface area contributed by atoms with Crippen LogP contribution in [0.3, 0.4) is 0 Å². The smallest absolute Gasteiger partial charge is 0.331 e. The molecule has 0 bridgehead atoms. The third kappa shape index (κ3) is 8.79. The maximum atomic E-state index is 12.6. The van der Waals surface area contributed by atoms with Gasteiger partial charge in [0.25, 0.3) is 5.91 Å². The molecule has 1 aromatic carbocycles. The monoisotopic (exact) mass is 505 g/mol. The standard InChI is InChI=1S/C30H39N3O4/c1-4-7-26(30(35)36)8-5-6-19-37-21-23-15-17-33(18-16-23)28-14-13-27(20-31-28)32-29(34)25-11-9-24(10-12-25)22(2)3/h4-6,8-14,22-23,31H,1,7,15-21H2,2-3H3,(H,32,34)(H,35,36)/b6-5-,26-8+. The molecule has 3 rings (SSSR count). The van der Waals surface area contributed by atoms with Crippen molar-refractivity contribution >= 4 is 11.9 Å². The minimum atomic E-state index is -0.927. The molecule has 0 radical (unpaired) electrons. The average molecular weight is 506 g/mol. The minimum Gasteiger partial charge on any atom is -0.478 e. The van der Waals surface area contributed by atoms with Crippen LogP contribution >= 0.6 is 0 Å². The van der Waals surface area contributed by atoms with E-state index in [-0.39, 0.29) is 5.91 Å². The molecule has 2 aliphatic heterocycles. The van der Waals surface area contributed by atoms with E-state index >= 15 is 0 Å². The molecule has 0 atom stereocenters. The van der Waals surface area contributed by atoms with Crippen molar-refractivity contribution in [3.05, 3.63) is 95.5 Å². The van der Waals surface area contributed by atoms with Gasteiger partial charge >= 0.3 is 5.97 Å². The van der Waals surface area contributed by atoms with Crippen LogP contribution in [-0.4, -0.2) is 54.7 Å². The highest BCUT2D eigenvalue weighted by atomic mass is 16.5. The summed E-state index contributed by atoms with van der Waals surface area (Å²) < 4.78 is 5.78. The highest BCUT2D eigenvalue weighted by Crippen LogP contribution is 2.21. The van der Waals surface area contributed by atoms with Gasteiger partial charge in [-0.05, 0) is 60.9 Å². The van der Waals surface area contributed by atoms with E-state index in [0.717, 1.165) is 37.4 Å². The number of carboxylic acid groups (broad SMARTS) is 1. The summed E-state index contributed by atoms with van der Waals surface area (Å²) in [5.74, 6) is 1.01. The largest absolute Gasteiger partial charge is 0.478 e. The Morgan fingerprint density at radius 2 is 1.95 bits per heavy atom. The highest BCUT2D eigenvalue weighted by Gasteiger charge is 2.22. The number of ether oxygens (including phenoxy) is 1. The van der Waals surface area contributed by atoms with Crippen molar-refractivity contribution < 1.29 is 19.4 Å². The van der Waals surface area contributed by atoms with Crippen molar-refractivity contribution in [3.63, 3.8) is 0 Å². The van der Waals surface area contributed by atoms with E-state index in [2.05, 4.69) is 36.0 Å². The number of carboxylic acids is 1. The first-order valence-corrected chi connectivity index (χ1v) is 13.0. The number of aliphatic carboxylic acids is 1. The van der Waals surface area contributed by atoms with Crippen LogP contribution in [0, 0.1) is 5.92 Å². The molecule has 0 spiro atoms. The van der Waals surface area contributed by atoms with E-state index in [1.807, 2.05) is 42.5 Å². The first-order valence-electron chi connectivity index (χ1n) is 13.0. The van der Waals surface area contributed by atoms with Gasteiger partial charge in [0.1, 0.15) is 5.82 Å². The Bertz CT molecular complexity index is 1060. The van der Waals surface area contributed by atoms with Crippen LogP contribution in [0.25, 0.3) is 0 Å². The average Bonchev–Trinajstić information content (AvgIpc) is 2.90. The molecule has 1 amide bonds. The van der Waals surface area contributed by atoms with Gasteiger partial charge in [0.15, 0.2) is 0 Å². The lowest BCUT2D eigenvalue weighted by atomic mass is 9.97. The second-order valence-corrected chi connectivity index (χ2v) is 9.71. The molecule has 198 valence electrons. The maximum Gasteiger partial charge on any atom is 0.331 e. The second kappa shape index (κ2) is 14.2. The number of amides is 1. The molecule has 7 heteroatoms. The molecule has 0 aromatic heterocycles. The van der Waals surface area contributed by atoms with Crippen LogP contribution in [0.5, 0.6) is 0 Å². The van der Waals surface area contributed by atoms with E-state index in [4.69, 9.17) is 9.84 Å². The zero-order chi connectivity index (χ0) is 26.6. The molecule has 0 aliphatic carbocycles. The van der Waals surface area contributed by atoms with E-state index in [9.17, 15) is 9.59 Å². The molecular weight excluding hydrogens is 466 g/mol. The van der Waals surface area contributed by atoms with Crippen LogP contribution in [0.4, 0.5) is 0 Å². The van der Waals surface area contributed by atoms with Crippen molar-refractivity contribution in [3.8, 4) is 0 Å². The van der Waals surface area contributed by atoms with Gasteiger partial charge in [-0.3, -0.25) is 4.79 Å². The van der Waals surface area contributed by atoms with Gasteiger partial charge in [-0.2, -0.15) is 0 Å². The molecular formula is C30H39N3O4. The molecule has 2 heterocycles. The molecule has 2 aliphatic rings. The Morgan fingerprint density at radius 1 is 1.22 bits per heavy atom. The quantitative estimate of drug-likeness (QED) is 0.165. The second-order valence-electron chi connectivity index (χ2n) is 9.71. The summed E-state index contributed by atoms with van der Waals surface area (Å²) in [6.45, 7) is 11.5. The van der Waals surface area contributed by atoms with Crippen LogP contribution < -0.4 is 10.6 Å². The number of benzene rings is 1. The fourth-order valence-corrected chi connectivity index (χ4v) is 4.29. The third-order valence-corrected chi connectivity index (χ3v) is 6.61. The SMILES string of the molecule is C=CC/C(=C\C=C/COCC1CCN(C2=CC=C(NC(=O)c3ccc(C(C)C)cc3)CN2)CC1)C(=O)O. The maximum absolute atomic E-state index is 12.6. The topological polar surface area (TPSA) is 90.9 Å². The zero-order valence-electron chi connectivity index (χ0n) is 21.9. The Kier molecular flexibility index (Phi) is 10.8. The Labute approximate surface area is 220 Å². The van der Waals surface area contributed by atoms with Crippen LogP contribution in [-0.2, 0) is 9.53 Å². The van der Waals surface area contributed by atoms with Gasteiger partial charge in [0.2, 0.25) is 0 Å². The number of carbonyl (C=O) groups excluding carboxylic acids is 1. The van der Waals surface area contributed by atoms with Gasteiger partial charge in [-0.1, -0.05) is 50.3 Å². The van der Waals surface area contributed by atoms with Crippen LogP contribution in [0.2, 0.25) is 0 Å². The highest BCUT2D eigenvalue weighted by molar-refractivity contribution is 5.95. The fraction of sp³-hybridized carbons (Fsp3) is 0.400. The van der Waals surface area contributed by atoms with Gasteiger partial charge < -0.3 is 25.4 Å². The Balaban J connectivity index is 1.38. The zero-order valence-corrected chi connectivity index (χ0v) is 21.9. The van der Waals surface area contributed by atoms with Crippen molar-refractivity contribution in [2.24, 2.45) is 5.92 Å². The summed E-state index contributed by atoms with van der Waals surface area (Å²) >= 11 is 0. The van der Waals surface area contributed by atoms with Gasteiger partial charge in [0, 0.05) is 36.5 Å². The number of piperidine rings is 1. The molecule has 7 nitrogen and oxygen atoms in total. The van der Waals surface area contributed by atoms with E-state index in [0.29, 0.717) is 49.2 Å². The van der Waals surface area contributed by atoms with E-state index in [1.165, 1.54) is 5.56 Å². The molecule has 0 unspecified atom stereocenters. The summed E-state index contributed by atoms with van der Waals surface area (Å²) in [6.07, 6.45) is 13.2. The van der Waals surface area contributed by atoms with Crippen molar-refractivity contribution in [2.75, 3.05) is 32.8 Å². The van der Waals surface area contributed by atoms with Crippen LogP contribution in [0.1, 0.15) is 54.9 Å². The van der Waals surface area contributed by atoms with Crippen molar-refractivity contribution in [2.45, 2.75) is 39.0 Å². The number of rotatable bonds is 12. The molecule has 1 aromatic rings. The first-order chi connectivity index (χ1) is 17.9. The molecule has 1 saturated heterocycles. The normalized spacial score (nSPS) is 16.8. The van der Waals surface area contributed by atoms with Gasteiger partial charge in [-0.25, -0.2) is 4.79 Å². The Morgan fingerprint density at radius 3 is 2.54 bits per heavy atom. The number of hydrogen-bond acceptors (Lipinski definition) is 5. The predicted octanol–water partition coefficient (Wildman–Crippen LogP) is 4.74. The van der Waals surface area contributed by atoms with E-state index in [1.54, 1.807) is 18.2 Å². The Hall–Kier alpha value is -3.58. The lowest BCUT2D eigenvalue weighted by molar-refractivity contribution is -0.132. The number of nitrogens with one attached hydrogen (secondary N) is 2. The summed E-state index contributed by atoms with van der Waals surface area (Å²) in [5.41, 5.74) is 3.05. The predicted molar refractivity (Wildman–Crippen MR) is 147 cm³/mol. The minimum absolute atomic E-state index is 0.0917. The molecule has 0 saturated carbocycles. The van der Waals surface area contributed by atoms with Crippen molar-refractivity contribution in [1.29, 1.82) is 0 Å². The number of hydrogen-bond donors (Lipinski definition) is 3. The summed E-state index contributed by atoms with van der Waals surface area (Å²) in [6, 6.07) is 7.78. The number of allylic oxidation sites excluding steroid dienone is 5. The summed E-state index contributed by atoms with van der Waals surface area (Å²) in [4.78, 5) is 26.0. The van der Waals surface area contributed by atoms with Gasteiger partial charge in [0.05, 0.1) is 13.2 Å².